The van der Waals surface area contributed by atoms with Crippen LogP contribution in [0.4, 0.5) is 0 Å². The SMILES string of the molecule is CC(C)(CC(C)(C(=O)OCC1CCC2OC2C1)C(C)(C)C)SC(CC(=O)O)C(=O)O. The molecular weight excluding hydrogens is 408 g/mol. The first kappa shape index (κ1) is 25.0. The molecule has 2 fully saturated rings. The lowest BCUT2D eigenvalue weighted by molar-refractivity contribution is -0.164. The Kier molecular flexibility index (Phi) is 7.55. The Balaban J connectivity index is 2.06. The molecule has 1 aliphatic heterocycles. The second-order valence-corrected chi connectivity index (χ2v) is 12.5. The molecule has 2 rings (SSSR count). The summed E-state index contributed by atoms with van der Waals surface area (Å²) in [6.45, 7) is 11.9. The van der Waals surface area contributed by atoms with Crippen LogP contribution in [-0.4, -0.2) is 56.9 Å². The first-order valence-corrected chi connectivity index (χ1v) is 11.5. The lowest BCUT2D eigenvalue weighted by Gasteiger charge is -2.44. The third kappa shape index (κ3) is 6.36. The van der Waals surface area contributed by atoms with Gasteiger partial charge in [-0.1, -0.05) is 34.6 Å². The Labute approximate surface area is 183 Å². The number of aliphatic carboxylic acids is 2. The van der Waals surface area contributed by atoms with E-state index < -0.39 is 39.2 Å². The number of hydrogen-bond donors (Lipinski definition) is 2. The molecule has 5 atom stereocenters. The summed E-state index contributed by atoms with van der Waals surface area (Å²) in [7, 11) is 0. The second kappa shape index (κ2) is 9.07. The van der Waals surface area contributed by atoms with E-state index in [1.54, 1.807) is 0 Å². The fraction of sp³-hybridized carbons (Fsp3) is 0.864. The molecule has 0 aromatic rings. The van der Waals surface area contributed by atoms with Gasteiger partial charge in [-0.15, -0.1) is 11.8 Å². The van der Waals surface area contributed by atoms with Crippen LogP contribution < -0.4 is 0 Å². The smallest absolute Gasteiger partial charge is 0.317 e. The van der Waals surface area contributed by atoms with Gasteiger partial charge in [0.2, 0.25) is 0 Å². The van der Waals surface area contributed by atoms with Crippen molar-refractivity contribution in [3.05, 3.63) is 0 Å². The molecule has 1 saturated carbocycles. The number of carboxylic acid groups (broad SMARTS) is 2. The van der Waals surface area contributed by atoms with Crippen LogP contribution in [0.15, 0.2) is 0 Å². The summed E-state index contributed by atoms with van der Waals surface area (Å²) in [6, 6.07) is 0. The molecule has 2 N–H and O–H groups in total. The van der Waals surface area contributed by atoms with Gasteiger partial charge in [0.05, 0.1) is 30.7 Å². The maximum atomic E-state index is 13.2. The van der Waals surface area contributed by atoms with Crippen molar-refractivity contribution in [3.63, 3.8) is 0 Å². The Morgan fingerprint density at radius 1 is 1.07 bits per heavy atom. The van der Waals surface area contributed by atoms with E-state index in [4.69, 9.17) is 14.6 Å². The first-order valence-electron chi connectivity index (χ1n) is 10.6. The average Bonchev–Trinajstić information content (AvgIpc) is 3.35. The first-order chi connectivity index (χ1) is 13.6. The van der Waals surface area contributed by atoms with Gasteiger partial charge in [0.25, 0.3) is 0 Å². The van der Waals surface area contributed by atoms with Gasteiger partial charge >= 0.3 is 17.9 Å². The van der Waals surface area contributed by atoms with E-state index in [2.05, 4.69) is 0 Å². The molecule has 7 nitrogen and oxygen atoms in total. The third-order valence-corrected chi connectivity index (χ3v) is 7.98. The predicted molar refractivity (Wildman–Crippen MR) is 114 cm³/mol. The predicted octanol–water partition coefficient (Wildman–Crippen LogP) is 3.98. The van der Waals surface area contributed by atoms with Gasteiger partial charge in [-0.3, -0.25) is 14.4 Å². The number of esters is 1. The van der Waals surface area contributed by atoms with Crippen molar-refractivity contribution in [3.8, 4) is 0 Å². The molecule has 0 radical (unpaired) electrons. The number of hydrogen-bond acceptors (Lipinski definition) is 6. The van der Waals surface area contributed by atoms with E-state index in [1.807, 2.05) is 41.5 Å². The van der Waals surface area contributed by atoms with Gasteiger partial charge < -0.3 is 19.7 Å². The summed E-state index contributed by atoms with van der Waals surface area (Å²) >= 11 is 1.09. The number of thioether (sulfide) groups is 1. The van der Waals surface area contributed by atoms with E-state index in [9.17, 15) is 19.5 Å². The molecule has 0 spiro atoms. The summed E-state index contributed by atoms with van der Waals surface area (Å²) in [4.78, 5) is 35.8. The van der Waals surface area contributed by atoms with E-state index in [1.165, 1.54) is 0 Å². The highest BCUT2D eigenvalue weighted by Gasteiger charge is 2.50. The Morgan fingerprint density at radius 3 is 2.20 bits per heavy atom. The third-order valence-electron chi connectivity index (χ3n) is 6.54. The molecule has 0 aromatic carbocycles. The number of ether oxygens (including phenoxy) is 2. The molecule has 0 amide bonds. The van der Waals surface area contributed by atoms with Crippen molar-refractivity contribution in [2.24, 2.45) is 16.7 Å². The Hall–Kier alpha value is -1.28. The maximum Gasteiger partial charge on any atom is 0.317 e. The molecule has 30 heavy (non-hydrogen) atoms. The topological polar surface area (TPSA) is 113 Å². The number of rotatable bonds is 10. The number of carbonyl (C=O) groups is 3. The van der Waals surface area contributed by atoms with Gasteiger partial charge in [-0.2, -0.15) is 0 Å². The zero-order valence-electron chi connectivity index (χ0n) is 18.9. The molecule has 0 bridgehead atoms. The molecule has 1 saturated heterocycles. The summed E-state index contributed by atoms with van der Waals surface area (Å²) in [5.41, 5.74) is -1.28. The second-order valence-electron chi connectivity index (χ2n) is 10.6. The zero-order valence-corrected chi connectivity index (χ0v) is 19.7. The number of carbonyl (C=O) groups excluding carboxylic acids is 1. The largest absolute Gasteiger partial charge is 0.481 e. The zero-order chi connectivity index (χ0) is 22.9. The highest BCUT2D eigenvalue weighted by atomic mass is 32.2. The van der Waals surface area contributed by atoms with Gasteiger partial charge in [0.1, 0.15) is 5.25 Å². The van der Waals surface area contributed by atoms with Gasteiger partial charge in [0.15, 0.2) is 0 Å². The highest BCUT2D eigenvalue weighted by Crippen LogP contribution is 2.50. The summed E-state index contributed by atoms with van der Waals surface area (Å²) < 4.78 is 10.7. The molecule has 0 aromatic heterocycles. The van der Waals surface area contributed by atoms with Crippen LogP contribution in [0.5, 0.6) is 0 Å². The van der Waals surface area contributed by atoms with Crippen molar-refractivity contribution in [2.45, 2.75) is 95.9 Å². The Morgan fingerprint density at radius 2 is 1.70 bits per heavy atom. The molecule has 5 unspecified atom stereocenters. The van der Waals surface area contributed by atoms with E-state index in [0.717, 1.165) is 31.0 Å². The lowest BCUT2D eigenvalue weighted by atomic mass is 9.64. The summed E-state index contributed by atoms with van der Waals surface area (Å²) in [6.07, 6.45) is 3.59. The van der Waals surface area contributed by atoms with E-state index in [-0.39, 0.29) is 5.97 Å². The van der Waals surface area contributed by atoms with Crippen LogP contribution in [0.2, 0.25) is 0 Å². The minimum Gasteiger partial charge on any atom is -0.481 e. The fourth-order valence-corrected chi connectivity index (χ4v) is 5.72. The summed E-state index contributed by atoms with van der Waals surface area (Å²) in [5.74, 6) is -2.28. The van der Waals surface area contributed by atoms with Crippen molar-refractivity contribution in [1.82, 2.24) is 0 Å². The van der Waals surface area contributed by atoms with Crippen molar-refractivity contribution in [2.75, 3.05) is 6.61 Å². The van der Waals surface area contributed by atoms with Crippen LogP contribution in [0.1, 0.15) is 73.6 Å². The van der Waals surface area contributed by atoms with E-state index in [0.29, 0.717) is 31.2 Å². The van der Waals surface area contributed by atoms with Crippen LogP contribution in [-0.2, 0) is 23.9 Å². The van der Waals surface area contributed by atoms with Crippen LogP contribution in [0.3, 0.4) is 0 Å². The number of fused-ring (bicyclic) bond motifs is 1. The average molecular weight is 445 g/mol. The fourth-order valence-electron chi connectivity index (χ4n) is 4.25. The van der Waals surface area contributed by atoms with E-state index >= 15 is 0 Å². The van der Waals surface area contributed by atoms with Crippen LogP contribution in [0.25, 0.3) is 0 Å². The van der Waals surface area contributed by atoms with Gasteiger partial charge in [0, 0.05) is 4.75 Å². The molecule has 172 valence electrons. The molecule has 1 aliphatic carbocycles. The Bertz CT molecular complexity index is 669. The molecule has 8 heteroatoms. The normalized spacial score (nSPS) is 26.8. The van der Waals surface area contributed by atoms with Crippen molar-refractivity contribution < 1.29 is 34.1 Å². The van der Waals surface area contributed by atoms with Crippen LogP contribution >= 0.6 is 11.8 Å². The van der Waals surface area contributed by atoms with Gasteiger partial charge in [-0.25, -0.2) is 0 Å². The highest BCUT2D eigenvalue weighted by molar-refractivity contribution is 8.01. The molecule has 1 heterocycles. The standard InChI is InChI=1S/C22H36O7S/c1-20(2,3)22(6,12-21(4,5)30-16(18(25)26)10-17(23)24)19(27)28-11-13-7-8-14-15(9-13)29-14/h13-16H,7-12H2,1-6H3,(H,23,24)(H,25,26). The minimum atomic E-state index is -1.16. The molecular formula is C22H36O7S. The van der Waals surface area contributed by atoms with Crippen LogP contribution in [0, 0.1) is 16.7 Å². The monoisotopic (exact) mass is 444 g/mol. The molecule has 2 aliphatic rings. The lowest BCUT2D eigenvalue weighted by Crippen LogP contribution is -2.46. The minimum absolute atomic E-state index is 0.285. The maximum absolute atomic E-state index is 13.2. The summed E-state index contributed by atoms with van der Waals surface area (Å²) in [5, 5.41) is 17.4. The number of carboxylic acids is 2. The van der Waals surface area contributed by atoms with Crippen molar-refractivity contribution in [1.29, 1.82) is 0 Å². The van der Waals surface area contributed by atoms with Crippen molar-refractivity contribution >= 4 is 29.7 Å². The number of epoxide rings is 1. The van der Waals surface area contributed by atoms with Gasteiger partial charge in [-0.05, 0) is 43.9 Å². The quantitative estimate of drug-likeness (QED) is 0.384.